The molecule has 0 atom stereocenters. The van der Waals surface area contributed by atoms with E-state index in [4.69, 9.17) is 20.3 Å². The van der Waals surface area contributed by atoms with Gasteiger partial charge in [-0.25, -0.2) is 0 Å². The Bertz CT molecular complexity index is 871. The number of halogens is 2. The summed E-state index contributed by atoms with van der Waals surface area (Å²) in [5.74, 6) is 0. The molecule has 0 fully saturated rings. The van der Waals surface area contributed by atoms with Crippen LogP contribution in [0.25, 0.3) is 0 Å². The monoisotopic (exact) mass is 569 g/mol. The predicted molar refractivity (Wildman–Crippen MR) is 153 cm³/mol. The Balaban J connectivity index is 0.00000103. The summed E-state index contributed by atoms with van der Waals surface area (Å²) in [5.41, 5.74) is 0. The van der Waals surface area contributed by atoms with Crippen molar-refractivity contribution >= 4 is 57.4 Å². The number of unbranched alkanes of at least 4 members (excludes halogenated alkanes) is 2. The summed E-state index contributed by atoms with van der Waals surface area (Å²) in [6, 6.07) is 44.4. The van der Waals surface area contributed by atoms with Crippen LogP contribution >= 0.6 is 36.1 Å². The van der Waals surface area contributed by atoms with Gasteiger partial charge >= 0.3 is 33.2 Å². The van der Waals surface area contributed by atoms with Crippen molar-refractivity contribution in [1.82, 2.24) is 0 Å². The van der Waals surface area contributed by atoms with Gasteiger partial charge in [0.05, 0.1) is 0 Å². The van der Waals surface area contributed by atoms with Crippen molar-refractivity contribution in [2.45, 2.75) is 19.3 Å². The maximum absolute atomic E-state index is 4.73. The second-order valence-corrected chi connectivity index (χ2v) is 14.1. The van der Waals surface area contributed by atoms with E-state index in [2.05, 4.69) is 121 Å². The van der Waals surface area contributed by atoms with Gasteiger partial charge in [0.1, 0.15) is 0 Å². The zero-order valence-electron chi connectivity index (χ0n) is 19.1. The summed E-state index contributed by atoms with van der Waals surface area (Å²) in [6.07, 6.45) is 6.44. The molecule has 5 heteroatoms. The molecule has 0 radical (unpaired) electrons. The largest absolute Gasteiger partial charge is 0.0622 e. The Hall–Kier alpha value is -1.17. The van der Waals surface area contributed by atoms with Crippen LogP contribution in [0.4, 0.5) is 0 Å². The molecule has 179 valence electrons. The Morgan fingerprint density at radius 3 is 0.882 bits per heavy atom. The molecule has 4 aromatic rings. The first-order chi connectivity index (χ1) is 16.8. The second-order valence-electron chi connectivity index (χ2n) is 7.75. The van der Waals surface area contributed by atoms with Gasteiger partial charge < -0.3 is 0 Å². The maximum Gasteiger partial charge on any atom is -0.0195 e. The van der Waals surface area contributed by atoms with Gasteiger partial charge in [-0.05, 0) is 62.2 Å². The van der Waals surface area contributed by atoms with Crippen molar-refractivity contribution in [2.75, 3.05) is 12.3 Å². The van der Waals surface area contributed by atoms with Crippen molar-refractivity contribution in [3.8, 4) is 0 Å². The molecule has 0 amide bonds. The van der Waals surface area contributed by atoms with E-state index in [1.165, 1.54) is 52.8 Å². The Morgan fingerprint density at radius 2 is 0.647 bits per heavy atom. The molecule has 0 aromatic heterocycles. The van der Waals surface area contributed by atoms with Crippen LogP contribution in [0.2, 0.25) is 0 Å². The van der Waals surface area contributed by atoms with Gasteiger partial charge in [0.2, 0.25) is 0 Å². The number of rotatable bonds is 10. The molecule has 0 heterocycles. The molecule has 0 aliphatic rings. The van der Waals surface area contributed by atoms with Crippen LogP contribution in [0, 0.1) is 0 Å². The molecule has 0 N–H and O–H groups in total. The number of hydrogen-bond donors (Lipinski definition) is 0. The summed E-state index contributed by atoms with van der Waals surface area (Å²) in [7, 11) is 8.93. The third-order valence-corrected chi connectivity index (χ3v) is 10.7. The molecule has 0 unspecified atom stereocenters. The number of benzene rings is 4. The van der Waals surface area contributed by atoms with Gasteiger partial charge in [0, 0.05) is 0 Å². The fourth-order valence-corrected chi connectivity index (χ4v) is 8.80. The molecule has 0 saturated heterocycles. The SMILES string of the molecule is [Cl][Co][Cl].c1ccc(P(CCCCCP(c2ccccc2)c2ccccc2)c2ccccc2)cc1. The van der Waals surface area contributed by atoms with E-state index in [0.29, 0.717) is 12.9 Å². The second kappa shape index (κ2) is 16.5. The van der Waals surface area contributed by atoms with Crippen LogP contribution in [-0.2, 0) is 12.9 Å². The molecule has 34 heavy (non-hydrogen) atoms. The normalized spacial score (nSPS) is 10.8. The van der Waals surface area contributed by atoms with E-state index < -0.39 is 0 Å². The topological polar surface area (TPSA) is 0 Å². The van der Waals surface area contributed by atoms with Gasteiger partial charge in [-0.1, -0.05) is 128 Å². The fourth-order valence-electron chi connectivity index (χ4n) is 3.96. The van der Waals surface area contributed by atoms with E-state index in [0.717, 1.165) is 0 Å². The molecule has 4 rings (SSSR count). The van der Waals surface area contributed by atoms with E-state index >= 15 is 0 Å². The van der Waals surface area contributed by atoms with Gasteiger partial charge in [-0.2, -0.15) is 0 Å². The smallest absolute Gasteiger partial charge is 0.0195 e. The molecule has 0 aliphatic heterocycles. The van der Waals surface area contributed by atoms with E-state index in [-0.39, 0.29) is 15.8 Å². The first-order valence-corrected chi connectivity index (χ1v) is 17.3. The average molecular weight is 570 g/mol. The van der Waals surface area contributed by atoms with Crippen molar-refractivity contribution < 1.29 is 12.9 Å². The van der Waals surface area contributed by atoms with Crippen LogP contribution in [0.5, 0.6) is 0 Å². The minimum atomic E-state index is -0.265. The molecular weight excluding hydrogens is 540 g/mol. The van der Waals surface area contributed by atoms with E-state index in [9.17, 15) is 0 Å². The van der Waals surface area contributed by atoms with Crippen LogP contribution in [0.3, 0.4) is 0 Å². The third-order valence-electron chi connectivity index (χ3n) is 5.53. The summed E-state index contributed by atoms with van der Waals surface area (Å²) in [6.45, 7) is 0. The molecule has 4 aromatic carbocycles. The first kappa shape index (κ1) is 27.4. The molecular formula is C29H30Cl2CoP2. The number of hydrogen-bond acceptors (Lipinski definition) is 0. The summed E-state index contributed by atoms with van der Waals surface area (Å²) < 4.78 is 0. The molecule has 0 nitrogen and oxygen atoms in total. The van der Waals surface area contributed by atoms with E-state index in [1.54, 1.807) is 0 Å². The van der Waals surface area contributed by atoms with Crippen LogP contribution in [0.1, 0.15) is 19.3 Å². The van der Waals surface area contributed by atoms with Gasteiger partial charge in [0.15, 0.2) is 0 Å². The first-order valence-electron chi connectivity index (χ1n) is 11.4. The minimum absolute atomic E-state index is 0.265. The summed E-state index contributed by atoms with van der Waals surface area (Å²) in [4.78, 5) is 0. The molecule has 0 bridgehead atoms. The average Bonchev–Trinajstić information content (AvgIpc) is 2.91. The van der Waals surface area contributed by atoms with Gasteiger partial charge in [-0.15, -0.1) is 0 Å². The van der Waals surface area contributed by atoms with Crippen molar-refractivity contribution in [1.29, 1.82) is 0 Å². The van der Waals surface area contributed by atoms with Crippen molar-refractivity contribution in [2.24, 2.45) is 0 Å². The van der Waals surface area contributed by atoms with Crippen LogP contribution in [0.15, 0.2) is 121 Å². The van der Waals surface area contributed by atoms with E-state index in [1.807, 2.05) is 0 Å². The maximum atomic E-state index is 4.73. The third kappa shape index (κ3) is 9.12. The standard InChI is InChI=1S/C29H30P2.2ClH.Co/c1-6-16-26(17-7-1)30(27-18-8-2-9-19-27)24-14-5-15-25-31(28-20-10-3-11-21-28)29-22-12-4-13-23-29;;;/h1-4,6-13,16-23H,5,14-15,24-25H2;2*1H;/q;;;+2/p-2. The Labute approximate surface area is 222 Å². The summed E-state index contributed by atoms with van der Waals surface area (Å²) in [5, 5.41) is 6.00. The Morgan fingerprint density at radius 1 is 0.412 bits per heavy atom. The summed E-state index contributed by atoms with van der Waals surface area (Å²) >= 11 is 0.382. The fraction of sp³-hybridized carbons (Fsp3) is 0.172. The van der Waals surface area contributed by atoms with Crippen molar-refractivity contribution in [3.05, 3.63) is 121 Å². The quantitative estimate of drug-likeness (QED) is 0.135. The Kier molecular flexibility index (Phi) is 13.3. The van der Waals surface area contributed by atoms with Crippen LogP contribution in [-0.4, -0.2) is 12.3 Å². The van der Waals surface area contributed by atoms with Gasteiger partial charge in [-0.3, -0.25) is 0 Å². The minimum Gasteiger partial charge on any atom is -0.0622 e. The van der Waals surface area contributed by atoms with Gasteiger partial charge in [0.25, 0.3) is 0 Å². The van der Waals surface area contributed by atoms with Crippen LogP contribution < -0.4 is 21.2 Å². The zero-order chi connectivity index (χ0) is 23.8. The van der Waals surface area contributed by atoms with Crippen molar-refractivity contribution in [3.63, 3.8) is 0 Å². The molecule has 0 spiro atoms. The predicted octanol–water partition coefficient (Wildman–Crippen LogP) is 7.80. The molecule has 0 saturated carbocycles. The zero-order valence-corrected chi connectivity index (χ0v) is 23.4. The molecule has 0 aliphatic carbocycles.